The van der Waals surface area contributed by atoms with Crippen molar-refractivity contribution in [1.29, 1.82) is 0 Å². The van der Waals surface area contributed by atoms with Crippen molar-refractivity contribution in [3.63, 3.8) is 0 Å². The van der Waals surface area contributed by atoms with Gasteiger partial charge in [-0.2, -0.15) is 0 Å². The molecule has 0 saturated heterocycles. The van der Waals surface area contributed by atoms with Gasteiger partial charge in [-0.05, 0) is 31.9 Å². The lowest BCUT2D eigenvalue weighted by atomic mass is 9.96. The highest BCUT2D eigenvalue weighted by Gasteiger charge is 2.26. The average molecular weight is 268 g/mol. The second kappa shape index (κ2) is 7.96. The first-order chi connectivity index (χ1) is 9.06. The van der Waals surface area contributed by atoms with Crippen LogP contribution in [0.1, 0.15) is 38.9 Å². The molecule has 0 aliphatic rings. The Morgan fingerprint density at radius 3 is 3.00 bits per heavy atom. The molecule has 1 aromatic rings. The summed E-state index contributed by atoms with van der Waals surface area (Å²) in [4.78, 5) is 11.8. The zero-order valence-electron chi connectivity index (χ0n) is 11.8. The summed E-state index contributed by atoms with van der Waals surface area (Å²) in [6.45, 7) is 5.40. The predicted octanol–water partition coefficient (Wildman–Crippen LogP) is 1.82. The van der Waals surface area contributed by atoms with E-state index < -0.39 is 5.54 Å². The number of rotatable bonds is 9. The first-order valence-corrected chi connectivity index (χ1v) is 6.73. The van der Waals surface area contributed by atoms with Gasteiger partial charge in [0.25, 0.3) is 0 Å². The van der Waals surface area contributed by atoms with E-state index in [-0.39, 0.29) is 5.91 Å². The lowest BCUT2D eigenvalue weighted by Crippen LogP contribution is -2.51. The Morgan fingerprint density at radius 2 is 2.37 bits per heavy atom. The van der Waals surface area contributed by atoms with Gasteiger partial charge in [-0.3, -0.25) is 4.79 Å². The zero-order valence-corrected chi connectivity index (χ0v) is 11.8. The van der Waals surface area contributed by atoms with Gasteiger partial charge in [0.1, 0.15) is 12.4 Å². The van der Waals surface area contributed by atoms with Crippen molar-refractivity contribution in [2.45, 2.75) is 45.3 Å². The molecule has 108 valence electrons. The molecule has 1 aromatic heterocycles. The maximum atomic E-state index is 11.8. The zero-order chi connectivity index (χ0) is 14.1. The van der Waals surface area contributed by atoms with Crippen LogP contribution in [0.15, 0.2) is 22.8 Å². The van der Waals surface area contributed by atoms with Crippen molar-refractivity contribution < 1.29 is 13.9 Å². The molecule has 5 nitrogen and oxygen atoms in total. The minimum absolute atomic E-state index is 0.0969. The summed E-state index contributed by atoms with van der Waals surface area (Å²) >= 11 is 0. The summed E-state index contributed by atoms with van der Waals surface area (Å²) in [6.07, 6.45) is 3.96. The van der Waals surface area contributed by atoms with Crippen LogP contribution in [0.3, 0.4) is 0 Å². The van der Waals surface area contributed by atoms with Crippen LogP contribution in [-0.4, -0.2) is 24.6 Å². The maximum absolute atomic E-state index is 11.8. The molecule has 1 atom stereocenters. The maximum Gasteiger partial charge on any atom is 0.239 e. The van der Waals surface area contributed by atoms with Crippen LogP contribution in [0.2, 0.25) is 0 Å². The lowest BCUT2D eigenvalue weighted by Gasteiger charge is -2.22. The molecule has 0 radical (unpaired) electrons. The minimum Gasteiger partial charge on any atom is -0.467 e. The molecule has 1 rings (SSSR count). The van der Waals surface area contributed by atoms with Crippen molar-refractivity contribution in [3.8, 4) is 0 Å². The number of nitrogens with two attached hydrogens (primary N) is 1. The molecule has 19 heavy (non-hydrogen) atoms. The van der Waals surface area contributed by atoms with Crippen molar-refractivity contribution in [1.82, 2.24) is 5.32 Å². The van der Waals surface area contributed by atoms with Gasteiger partial charge in [0.2, 0.25) is 5.91 Å². The number of hydrogen-bond donors (Lipinski definition) is 2. The molecular formula is C14H24N2O3. The molecule has 5 heteroatoms. The normalized spacial score (nSPS) is 14.1. The number of carbonyl (C=O) groups is 1. The summed E-state index contributed by atoms with van der Waals surface area (Å²) in [5.74, 6) is 0.710. The molecule has 0 fully saturated rings. The molecule has 0 aliphatic heterocycles. The summed E-state index contributed by atoms with van der Waals surface area (Å²) in [5.41, 5.74) is 5.15. The topological polar surface area (TPSA) is 77.5 Å². The van der Waals surface area contributed by atoms with Crippen LogP contribution in [0.4, 0.5) is 0 Å². The Labute approximate surface area is 114 Å². The molecule has 0 aromatic carbocycles. The summed E-state index contributed by atoms with van der Waals surface area (Å²) in [7, 11) is 0. The highest BCUT2D eigenvalue weighted by atomic mass is 16.5. The second-order valence-corrected chi connectivity index (χ2v) is 4.91. The third-order valence-electron chi connectivity index (χ3n) is 2.86. The summed E-state index contributed by atoms with van der Waals surface area (Å²) < 4.78 is 10.6. The monoisotopic (exact) mass is 268 g/mol. The van der Waals surface area contributed by atoms with Crippen LogP contribution in [-0.2, 0) is 16.1 Å². The Balaban J connectivity index is 2.05. The quantitative estimate of drug-likeness (QED) is 0.670. The van der Waals surface area contributed by atoms with Crippen LogP contribution in [0.5, 0.6) is 0 Å². The molecule has 1 heterocycles. The molecule has 1 amide bonds. The van der Waals surface area contributed by atoms with E-state index in [1.165, 1.54) is 0 Å². The molecule has 0 saturated carbocycles. The van der Waals surface area contributed by atoms with E-state index in [4.69, 9.17) is 14.9 Å². The third-order valence-corrected chi connectivity index (χ3v) is 2.86. The fraction of sp³-hybridized carbons (Fsp3) is 0.643. The van der Waals surface area contributed by atoms with Gasteiger partial charge in [-0.25, -0.2) is 0 Å². The first-order valence-electron chi connectivity index (χ1n) is 6.73. The number of hydrogen-bond acceptors (Lipinski definition) is 4. The van der Waals surface area contributed by atoms with E-state index in [2.05, 4.69) is 5.32 Å². The van der Waals surface area contributed by atoms with E-state index in [0.29, 0.717) is 26.2 Å². The van der Waals surface area contributed by atoms with E-state index in [9.17, 15) is 4.79 Å². The Bertz CT molecular complexity index is 361. The highest BCUT2D eigenvalue weighted by molar-refractivity contribution is 5.85. The Kier molecular flexibility index (Phi) is 6.59. The van der Waals surface area contributed by atoms with E-state index >= 15 is 0 Å². The Hall–Kier alpha value is -1.33. The highest BCUT2D eigenvalue weighted by Crippen LogP contribution is 2.08. The number of carbonyl (C=O) groups excluding carboxylic acids is 1. The fourth-order valence-electron chi connectivity index (χ4n) is 1.78. The SMILES string of the molecule is CCCC(C)(N)C(=O)NCCCOCc1ccco1. The molecular weight excluding hydrogens is 244 g/mol. The number of furan rings is 1. The Morgan fingerprint density at radius 1 is 1.58 bits per heavy atom. The standard InChI is InChI=1S/C14H24N2O3/c1-3-7-14(2,15)13(17)16-8-5-9-18-11-12-6-4-10-19-12/h4,6,10H,3,5,7-9,11,15H2,1-2H3,(H,16,17). The number of ether oxygens (including phenoxy) is 1. The van der Waals surface area contributed by atoms with Gasteiger partial charge in [0.05, 0.1) is 11.8 Å². The van der Waals surface area contributed by atoms with Crippen molar-refractivity contribution in [3.05, 3.63) is 24.2 Å². The van der Waals surface area contributed by atoms with Gasteiger partial charge in [0.15, 0.2) is 0 Å². The number of amides is 1. The van der Waals surface area contributed by atoms with Gasteiger partial charge < -0.3 is 20.2 Å². The van der Waals surface area contributed by atoms with Crippen LogP contribution in [0.25, 0.3) is 0 Å². The van der Waals surface area contributed by atoms with E-state index in [1.54, 1.807) is 13.2 Å². The smallest absolute Gasteiger partial charge is 0.239 e. The van der Waals surface area contributed by atoms with E-state index in [1.807, 2.05) is 19.1 Å². The van der Waals surface area contributed by atoms with Crippen LogP contribution >= 0.6 is 0 Å². The number of nitrogens with one attached hydrogen (secondary N) is 1. The lowest BCUT2D eigenvalue weighted by molar-refractivity contribution is -0.126. The van der Waals surface area contributed by atoms with Gasteiger partial charge in [-0.1, -0.05) is 13.3 Å². The van der Waals surface area contributed by atoms with Crippen LogP contribution < -0.4 is 11.1 Å². The minimum atomic E-state index is -0.774. The van der Waals surface area contributed by atoms with Gasteiger partial charge >= 0.3 is 0 Å². The van der Waals surface area contributed by atoms with Crippen molar-refractivity contribution in [2.75, 3.05) is 13.2 Å². The van der Waals surface area contributed by atoms with E-state index in [0.717, 1.165) is 18.6 Å². The second-order valence-electron chi connectivity index (χ2n) is 4.91. The predicted molar refractivity (Wildman–Crippen MR) is 73.5 cm³/mol. The summed E-state index contributed by atoms with van der Waals surface area (Å²) in [6, 6.07) is 3.70. The van der Waals surface area contributed by atoms with Gasteiger partial charge in [0, 0.05) is 13.2 Å². The fourth-order valence-corrected chi connectivity index (χ4v) is 1.78. The first kappa shape index (κ1) is 15.7. The molecule has 3 N–H and O–H groups in total. The molecule has 0 spiro atoms. The van der Waals surface area contributed by atoms with Crippen molar-refractivity contribution >= 4 is 5.91 Å². The van der Waals surface area contributed by atoms with Crippen molar-refractivity contribution in [2.24, 2.45) is 5.73 Å². The summed E-state index contributed by atoms with van der Waals surface area (Å²) in [5, 5.41) is 2.83. The molecule has 0 aliphatic carbocycles. The molecule has 0 bridgehead atoms. The molecule has 1 unspecified atom stereocenters. The van der Waals surface area contributed by atoms with Gasteiger partial charge in [-0.15, -0.1) is 0 Å². The third kappa shape index (κ3) is 5.89. The average Bonchev–Trinajstić information content (AvgIpc) is 2.86. The largest absolute Gasteiger partial charge is 0.467 e. The van der Waals surface area contributed by atoms with Crippen LogP contribution in [0, 0.1) is 0 Å².